The fourth-order valence-corrected chi connectivity index (χ4v) is 2.27. The number of benzene rings is 2. The van der Waals surface area contributed by atoms with E-state index in [1.807, 2.05) is 0 Å². The molecule has 0 bridgehead atoms. The van der Waals surface area contributed by atoms with Crippen molar-refractivity contribution in [2.75, 3.05) is 0 Å². The van der Waals surface area contributed by atoms with Crippen LogP contribution in [0.5, 0.6) is 5.75 Å². The summed E-state index contributed by atoms with van der Waals surface area (Å²) in [4.78, 5) is 4.46. The Kier molecular flexibility index (Phi) is 2.55. The third-order valence-corrected chi connectivity index (χ3v) is 3.16. The fraction of sp³-hybridized carbons (Fsp3) is 0. The normalized spacial score (nSPS) is 11.6. The van der Waals surface area contributed by atoms with Crippen LogP contribution in [0, 0.1) is 0 Å². The van der Waals surface area contributed by atoms with Gasteiger partial charge in [0.25, 0.3) is 10.1 Å². The molecule has 0 aliphatic carbocycles. The number of nitrogens with two attached hydrogens (primary N) is 1. The van der Waals surface area contributed by atoms with E-state index in [-0.39, 0.29) is 4.90 Å². The van der Waals surface area contributed by atoms with Crippen LogP contribution >= 0.6 is 0 Å². The van der Waals surface area contributed by atoms with Crippen LogP contribution in [0.2, 0.25) is 0 Å². The van der Waals surface area contributed by atoms with Crippen molar-refractivity contribution in [3.05, 3.63) is 36.4 Å². The van der Waals surface area contributed by atoms with E-state index in [4.69, 9.17) is 10.4 Å². The molecule has 0 aliphatic heterocycles. The Morgan fingerprint density at radius 1 is 1.06 bits per heavy atom. The summed E-state index contributed by atoms with van der Waals surface area (Å²) in [6.45, 7) is 0. The molecule has 3 N–H and O–H groups in total. The largest absolute Gasteiger partial charge is 0.411 e. The van der Waals surface area contributed by atoms with E-state index in [1.165, 1.54) is 12.1 Å². The van der Waals surface area contributed by atoms with Gasteiger partial charge < -0.3 is 4.84 Å². The molecule has 0 heterocycles. The maximum Gasteiger partial charge on any atom is 0.295 e. The highest BCUT2D eigenvalue weighted by molar-refractivity contribution is 7.86. The lowest BCUT2D eigenvalue weighted by atomic mass is 10.1. The van der Waals surface area contributed by atoms with Crippen LogP contribution < -0.4 is 10.7 Å². The summed E-state index contributed by atoms with van der Waals surface area (Å²) in [6.07, 6.45) is 0. The number of hydrogen-bond donors (Lipinski definition) is 2. The maximum absolute atomic E-state index is 11.1. The van der Waals surface area contributed by atoms with Gasteiger partial charge in [-0.2, -0.15) is 14.3 Å². The van der Waals surface area contributed by atoms with Gasteiger partial charge in [0, 0.05) is 10.8 Å². The van der Waals surface area contributed by atoms with E-state index in [0.717, 1.165) is 0 Å². The van der Waals surface area contributed by atoms with Crippen LogP contribution in [0.25, 0.3) is 10.8 Å². The van der Waals surface area contributed by atoms with E-state index in [9.17, 15) is 8.42 Å². The number of fused-ring (bicyclic) bond motifs is 1. The van der Waals surface area contributed by atoms with E-state index < -0.39 is 10.1 Å². The van der Waals surface area contributed by atoms with Crippen LogP contribution in [-0.4, -0.2) is 13.0 Å². The van der Waals surface area contributed by atoms with E-state index in [1.54, 1.807) is 24.3 Å². The average Bonchev–Trinajstić information content (AvgIpc) is 2.26. The first-order valence-electron chi connectivity index (χ1n) is 4.40. The average molecular weight is 239 g/mol. The molecule has 2 aromatic rings. The molecule has 0 radical (unpaired) electrons. The van der Waals surface area contributed by atoms with Crippen molar-refractivity contribution in [3.63, 3.8) is 0 Å². The Balaban J connectivity index is 2.91. The molecule has 0 saturated carbocycles. The lowest BCUT2D eigenvalue weighted by molar-refractivity contribution is 0.338. The quantitative estimate of drug-likeness (QED) is 0.609. The topological polar surface area (TPSA) is 89.6 Å². The Labute approximate surface area is 92.1 Å². The summed E-state index contributed by atoms with van der Waals surface area (Å²) in [5, 5.41) is 0.896. The predicted octanol–water partition coefficient (Wildman–Crippen LogP) is 1.34. The SMILES string of the molecule is NOc1ccc(S(=O)(=O)O)c2ccccc12. The second kappa shape index (κ2) is 3.75. The van der Waals surface area contributed by atoms with Gasteiger partial charge in [-0.3, -0.25) is 4.55 Å². The Bertz CT molecular complexity index is 636. The maximum atomic E-state index is 11.1. The molecule has 2 aromatic carbocycles. The molecular formula is C10H9NO4S. The van der Waals surface area contributed by atoms with Crippen molar-refractivity contribution < 1.29 is 17.8 Å². The van der Waals surface area contributed by atoms with Crippen LogP contribution in [0.1, 0.15) is 0 Å². The smallest absolute Gasteiger partial charge is 0.295 e. The highest BCUT2D eigenvalue weighted by Crippen LogP contribution is 2.30. The van der Waals surface area contributed by atoms with Crippen LogP contribution in [-0.2, 0) is 10.1 Å². The van der Waals surface area contributed by atoms with Gasteiger partial charge in [-0.25, -0.2) is 0 Å². The molecule has 6 heteroatoms. The van der Waals surface area contributed by atoms with Crippen LogP contribution in [0.15, 0.2) is 41.3 Å². The van der Waals surface area contributed by atoms with Crippen molar-refractivity contribution >= 4 is 20.9 Å². The summed E-state index contributed by atoms with van der Waals surface area (Å²) in [5.41, 5.74) is 0. The highest BCUT2D eigenvalue weighted by atomic mass is 32.2. The lowest BCUT2D eigenvalue weighted by Gasteiger charge is -2.07. The summed E-state index contributed by atoms with van der Waals surface area (Å²) in [6, 6.07) is 9.26. The first kappa shape index (κ1) is 10.9. The number of hydrogen-bond acceptors (Lipinski definition) is 4. The zero-order valence-electron chi connectivity index (χ0n) is 8.12. The van der Waals surface area contributed by atoms with E-state index >= 15 is 0 Å². The molecule has 2 rings (SSSR count). The molecule has 0 aromatic heterocycles. The molecule has 16 heavy (non-hydrogen) atoms. The minimum atomic E-state index is -4.25. The van der Waals surface area contributed by atoms with Gasteiger partial charge in [-0.1, -0.05) is 24.3 Å². The first-order chi connectivity index (χ1) is 7.54. The van der Waals surface area contributed by atoms with Crippen molar-refractivity contribution in [3.8, 4) is 5.75 Å². The summed E-state index contributed by atoms with van der Waals surface area (Å²) in [7, 11) is -4.25. The van der Waals surface area contributed by atoms with Crippen molar-refractivity contribution in [2.24, 2.45) is 5.90 Å². The van der Waals surface area contributed by atoms with Gasteiger partial charge in [0.05, 0.1) is 0 Å². The van der Waals surface area contributed by atoms with Gasteiger partial charge in [0.2, 0.25) is 0 Å². The second-order valence-electron chi connectivity index (χ2n) is 3.20. The second-order valence-corrected chi connectivity index (χ2v) is 4.59. The zero-order valence-corrected chi connectivity index (χ0v) is 8.94. The standard InChI is InChI=1S/C10H9NO4S/c11-15-9-5-6-10(16(12,13)14)8-4-2-1-3-7(8)9/h1-6H,11H2,(H,12,13,14). The minimum absolute atomic E-state index is 0.163. The lowest BCUT2D eigenvalue weighted by Crippen LogP contribution is -2.04. The van der Waals surface area contributed by atoms with Crippen molar-refractivity contribution in [1.29, 1.82) is 0 Å². The molecule has 84 valence electrons. The van der Waals surface area contributed by atoms with Crippen molar-refractivity contribution in [2.45, 2.75) is 4.90 Å². The fourth-order valence-electron chi connectivity index (χ4n) is 1.57. The summed E-state index contributed by atoms with van der Waals surface area (Å²) < 4.78 is 31.3. The monoisotopic (exact) mass is 239 g/mol. The van der Waals surface area contributed by atoms with E-state index in [0.29, 0.717) is 16.5 Å². The molecule has 0 spiro atoms. The summed E-state index contributed by atoms with van der Waals surface area (Å²) in [5.74, 6) is 5.41. The molecule has 0 aliphatic rings. The minimum Gasteiger partial charge on any atom is -0.411 e. The number of rotatable bonds is 2. The molecule has 0 unspecified atom stereocenters. The van der Waals surface area contributed by atoms with Gasteiger partial charge in [-0.15, -0.1) is 0 Å². The van der Waals surface area contributed by atoms with Gasteiger partial charge >= 0.3 is 0 Å². The Morgan fingerprint density at radius 3 is 2.25 bits per heavy atom. The Hall–Kier alpha value is -1.63. The van der Waals surface area contributed by atoms with Gasteiger partial charge in [0.15, 0.2) is 5.75 Å². The first-order valence-corrected chi connectivity index (χ1v) is 5.84. The van der Waals surface area contributed by atoms with Crippen LogP contribution in [0.3, 0.4) is 0 Å². The third kappa shape index (κ3) is 1.73. The third-order valence-electron chi connectivity index (χ3n) is 2.25. The summed E-state index contributed by atoms with van der Waals surface area (Å²) >= 11 is 0. The molecule has 0 atom stereocenters. The highest BCUT2D eigenvalue weighted by Gasteiger charge is 2.15. The predicted molar refractivity (Wildman–Crippen MR) is 58.6 cm³/mol. The Morgan fingerprint density at radius 2 is 1.69 bits per heavy atom. The molecule has 0 saturated heterocycles. The molecule has 0 amide bonds. The zero-order chi connectivity index (χ0) is 11.8. The molecule has 5 nitrogen and oxygen atoms in total. The molecule has 0 fully saturated rings. The van der Waals surface area contributed by atoms with Crippen molar-refractivity contribution in [1.82, 2.24) is 0 Å². The van der Waals surface area contributed by atoms with Gasteiger partial charge in [-0.05, 0) is 12.1 Å². The van der Waals surface area contributed by atoms with E-state index in [2.05, 4.69) is 4.84 Å². The molecular weight excluding hydrogens is 230 g/mol. The van der Waals surface area contributed by atoms with Crippen LogP contribution in [0.4, 0.5) is 0 Å². The van der Waals surface area contributed by atoms with Gasteiger partial charge in [0.1, 0.15) is 4.90 Å².